The van der Waals surface area contributed by atoms with Crippen molar-refractivity contribution in [3.05, 3.63) is 65.7 Å². The lowest BCUT2D eigenvalue weighted by Gasteiger charge is -2.32. The minimum absolute atomic E-state index is 0.0900. The van der Waals surface area contributed by atoms with Gasteiger partial charge in [0.2, 0.25) is 0 Å². The molecule has 0 radical (unpaired) electrons. The highest BCUT2D eigenvalue weighted by Gasteiger charge is 2.47. The van der Waals surface area contributed by atoms with E-state index in [0.29, 0.717) is 17.9 Å². The molecular weight excluding hydrogens is 385 g/mol. The Bertz CT molecular complexity index is 1010. The van der Waals surface area contributed by atoms with Gasteiger partial charge in [-0.1, -0.05) is 25.1 Å². The zero-order valence-corrected chi connectivity index (χ0v) is 15.5. The van der Waals surface area contributed by atoms with E-state index in [0.717, 1.165) is 10.2 Å². The maximum absolute atomic E-state index is 13.7. The number of halogens is 3. The Hall–Kier alpha value is -3.23. The van der Waals surface area contributed by atoms with Crippen LogP contribution < -0.4 is 10.6 Å². The van der Waals surface area contributed by atoms with E-state index >= 15 is 0 Å². The highest BCUT2D eigenvalue weighted by atomic mass is 19.4. The van der Waals surface area contributed by atoms with Gasteiger partial charge >= 0.3 is 6.18 Å². The van der Waals surface area contributed by atoms with E-state index in [4.69, 9.17) is 4.42 Å². The van der Waals surface area contributed by atoms with E-state index in [1.165, 1.54) is 12.3 Å². The average molecular weight is 404 g/mol. The maximum atomic E-state index is 13.7. The second-order valence-corrected chi connectivity index (χ2v) is 6.83. The second kappa shape index (κ2) is 7.31. The Labute approximate surface area is 164 Å². The molecule has 9 heteroatoms. The van der Waals surface area contributed by atoms with E-state index in [1.54, 1.807) is 24.3 Å². The molecule has 4 rings (SSSR count). The number of benzene rings is 1. The minimum atomic E-state index is -4.52. The molecule has 1 aromatic carbocycles. The molecule has 1 amide bonds. The van der Waals surface area contributed by atoms with Crippen LogP contribution in [0, 0.1) is 0 Å². The van der Waals surface area contributed by atoms with Crippen molar-refractivity contribution in [2.24, 2.45) is 0 Å². The Kier molecular flexibility index (Phi) is 4.81. The predicted octanol–water partition coefficient (Wildman–Crippen LogP) is 4.95. The Morgan fingerprint density at radius 2 is 2.10 bits per heavy atom. The van der Waals surface area contributed by atoms with Crippen molar-refractivity contribution in [2.45, 2.75) is 38.0 Å². The zero-order chi connectivity index (χ0) is 20.6. The molecule has 0 aliphatic carbocycles. The van der Waals surface area contributed by atoms with E-state index in [1.807, 2.05) is 19.1 Å². The molecule has 0 spiro atoms. The number of alkyl halides is 3. The van der Waals surface area contributed by atoms with Crippen LogP contribution in [0.4, 0.5) is 24.7 Å². The Balaban J connectivity index is 1.64. The molecular formula is C20H19F3N4O2. The topological polar surface area (TPSA) is 72.1 Å². The number of fused-ring (bicyclic) bond motifs is 1. The molecule has 0 bridgehead atoms. The van der Waals surface area contributed by atoms with Crippen LogP contribution in [0.5, 0.6) is 0 Å². The van der Waals surface area contributed by atoms with E-state index in [-0.39, 0.29) is 17.9 Å². The maximum Gasteiger partial charge on any atom is 0.410 e. The van der Waals surface area contributed by atoms with Crippen molar-refractivity contribution in [2.75, 3.05) is 10.6 Å². The number of carbonyl (C=O) groups excluding carboxylic acids is 1. The average Bonchev–Trinajstić information content (AvgIpc) is 3.36. The number of nitrogens with one attached hydrogen (secondary N) is 2. The van der Waals surface area contributed by atoms with Gasteiger partial charge in [-0.2, -0.15) is 18.3 Å². The van der Waals surface area contributed by atoms with E-state index in [9.17, 15) is 18.0 Å². The van der Waals surface area contributed by atoms with Gasteiger partial charge < -0.3 is 15.1 Å². The summed E-state index contributed by atoms with van der Waals surface area (Å²) in [6, 6.07) is 9.30. The monoisotopic (exact) mass is 404 g/mol. The summed E-state index contributed by atoms with van der Waals surface area (Å²) < 4.78 is 47.1. The summed E-state index contributed by atoms with van der Waals surface area (Å²) in [6.45, 7) is 1.95. The molecule has 0 fully saturated rings. The molecule has 2 N–H and O–H groups in total. The number of hydrogen-bond acceptors (Lipinski definition) is 4. The highest BCUT2D eigenvalue weighted by Crippen LogP contribution is 2.43. The van der Waals surface area contributed by atoms with Gasteiger partial charge in [0.1, 0.15) is 11.6 Å². The fraction of sp³-hybridized carbons (Fsp3) is 0.300. The molecule has 3 heterocycles. The number of aryl methyl sites for hydroxylation is 1. The fourth-order valence-electron chi connectivity index (χ4n) is 3.50. The van der Waals surface area contributed by atoms with Crippen LogP contribution in [0.25, 0.3) is 0 Å². The SMILES string of the molecule is CCc1ccccc1NC(=O)c1cc2n(n1)[C@H](C(F)(F)F)C[C@@H](c1ccco1)N2. The Morgan fingerprint density at radius 3 is 2.79 bits per heavy atom. The number of para-hydroxylation sites is 1. The molecule has 152 valence electrons. The van der Waals surface area contributed by atoms with Crippen LogP contribution in [0.3, 0.4) is 0 Å². The first-order valence-corrected chi connectivity index (χ1v) is 9.22. The van der Waals surface area contributed by atoms with Gasteiger partial charge in [-0.05, 0) is 30.2 Å². The number of aromatic nitrogens is 2. The zero-order valence-electron chi connectivity index (χ0n) is 15.5. The lowest BCUT2D eigenvalue weighted by atomic mass is 10.0. The quantitative estimate of drug-likeness (QED) is 0.645. The number of anilines is 2. The first-order valence-electron chi connectivity index (χ1n) is 9.22. The van der Waals surface area contributed by atoms with Crippen molar-refractivity contribution in [1.29, 1.82) is 0 Å². The van der Waals surface area contributed by atoms with Crippen LogP contribution in [-0.4, -0.2) is 21.9 Å². The van der Waals surface area contributed by atoms with Crippen molar-refractivity contribution >= 4 is 17.4 Å². The van der Waals surface area contributed by atoms with E-state index < -0.39 is 24.2 Å². The van der Waals surface area contributed by atoms with Gasteiger partial charge in [-0.3, -0.25) is 4.79 Å². The molecule has 0 unspecified atom stereocenters. The van der Waals surface area contributed by atoms with Crippen LogP contribution >= 0.6 is 0 Å². The molecule has 0 saturated carbocycles. The number of nitrogens with zero attached hydrogens (tertiary/aromatic N) is 2. The molecule has 3 aromatic rings. The molecule has 29 heavy (non-hydrogen) atoms. The normalized spacial score (nSPS) is 18.8. The summed E-state index contributed by atoms with van der Waals surface area (Å²) in [5, 5.41) is 9.68. The van der Waals surface area contributed by atoms with Gasteiger partial charge in [0.25, 0.3) is 5.91 Å². The van der Waals surface area contributed by atoms with Gasteiger partial charge in [0.05, 0.1) is 12.3 Å². The molecule has 6 nitrogen and oxygen atoms in total. The van der Waals surface area contributed by atoms with Crippen LogP contribution in [0.2, 0.25) is 0 Å². The third-order valence-electron chi connectivity index (χ3n) is 4.96. The lowest BCUT2D eigenvalue weighted by molar-refractivity contribution is -0.174. The summed E-state index contributed by atoms with van der Waals surface area (Å²) in [7, 11) is 0. The largest absolute Gasteiger partial charge is 0.467 e. The van der Waals surface area contributed by atoms with Crippen LogP contribution in [0.15, 0.2) is 53.1 Å². The van der Waals surface area contributed by atoms with Gasteiger partial charge in [-0.15, -0.1) is 0 Å². The Morgan fingerprint density at radius 1 is 1.31 bits per heavy atom. The third-order valence-corrected chi connectivity index (χ3v) is 4.96. The first-order chi connectivity index (χ1) is 13.9. The number of carbonyl (C=O) groups is 1. The number of furan rings is 1. The fourth-order valence-corrected chi connectivity index (χ4v) is 3.50. The number of rotatable bonds is 4. The van der Waals surface area contributed by atoms with Gasteiger partial charge in [-0.25, -0.2) is 4.68 Å². The van der Waals surface area contributed by atoms with Crippen molar-refractivity contribution in [1.82, 2.24) is 9.78 Å². The van der Waals surface area contributed by atoms with Gasteiger partial charge in [0, 0.05) is 18.2 Å². The molecule has 1 aliphatic heterocycles. The minimum Gasteiger partial charge on any atom is -0.467 e. The lowest BCUT2D eigenvalue weighted by Crippen LogP contribution is -2.35. The number of hydrogen-bond donors (Lipinski definition) is 2. The standard InChI is InChI=1S/C20H19F3N4O2/c1-2-12-6-3-4-7-13(12)25-19(28)15-11-18-24-14(16-8-5-9-29-16)10-17(20(21,22)23)27(18)26-15/h3-9,11,14,17,24H,2,10H2,1H3,(H,25,28)/t14-,17-/m0/s1. The van der Waals surface area contributed by atoms with E-state index in [2.05, 4.69) is 15.7 Å². The third kappa shape index (κ3) is 3.72. The van der Waals surface area contributed by atoms with Crippen molar-refractivity contribution in [3.8, 4) is 0 Å². The number of amides is 1. The van der Waals surface area contributed by atoms with Crippen molar-refractivity contribution in [3.63, 3.8) is 0 Å². The summed E-state index contributed by atoms with van der Waals surface area (Å²) in [6.07, 6.45) is -2.68. The molecule has 2 aromatic heterocycles. The van der Waals surface area contributed by atoms with Crippen molar-refractivity contribution < 1.29 is 22.4 Å². The smallest absolute Gasteiger partial charge is 0.410 e. The van der Waals surface area contributed by atoms with Gasteiger partial charge in [0.15, 0.2) is 11.7 Å². The molecule has 0 saturated heterocycles. The summed E-state index contributed by atoms with van der Waals surface area (Å²) in [5.41, 5.74) is 1.45. The summed E-state index contributed by atoms with van der Waals surface area (Å²) >= 11 is 0. The predicted molar refractivity (Wildman–Crippen MR) is 101 cm³/mol. The molecule has 2 atom stereocenters. The first kappa shape index (κ1) is 19.1. The summed E-state index contributed by atoms with van der Waals surface area (Å²) in [5.74, 6) is -0.0476. The highest BCUT2D eigenvalue weighted by molar-refractivity contribution is 6.03. The molecule has 1 aliphatic rings. The second-order valence-electron chi connectivity index (χ2n) is 6.83. The van der Waals surface area contributed by atoms with Crippen LogP contribution in [-0.2, 0) is 6.42 Å². The summed E-state index contributed by atoms with van der Waals surface area (Å²) in [4.78, 5) is 12.7. The van der Waals surface area contributed by atoms with Crippen LogP contribution in [0.1, 0.15) is 47.2 Å².